The smallest absolute Gasteiger partial charge is 0.343 e. The topological polar surface area (TPSA) is 85.0 Å². The minimum absolute atomic E-state index is 0.322. The zero-order chi connectivity index (χ0) is 16.4. The fraction of sp³-hybridized carbons (Fsp3) is 0.0625. The van der Waals surface area contributed by atoms with Crippen molar-refractivity contribution in [2.24, 2.45) is 5.73 Å². The van der Waals surface area contributed by atoms with Crippen LogP contribution in [0, 0.1) is 5.82 Å². The van der Waals surface area contributed by atoms with Gasteiger partial charge in [0, 0.05) is 6.07 Å². The Balaban J connectivity index is 1.69. The van der Waals surface area contributed by atoms with Crippen molar-refractivity contribution in [1.82, 2.24) is 5.06 Å². The number of nitrogens with zero attached hydrogens (tertiary/aromatic N) is 1. The molecule has 3 rings (SSSR count). The average molecular weight is 316 g/mol. The minimum atomic E-state index is -0.966. The Hall–Kier alpha value is -3.06. The summed E-state index contributed by atoms with van der Waals surface area (Å²) in [6, 6.07) is 11.5. The second-order valence-electron chi connectivity index (χ2n) is 4.83. The van der Waals surface area contributed by atoms with Crippen molar-refractivity contribution >= 4 is 6.03 Å². The molecule has 3 N–H and O–H groups in total. The third kappa shape index (κ3) is 3.58. The Morgan fingerprint density at radius 2 is 1.74 bits per heavy atom. The van der Waals surface area contributed by atoms with Gasteiger partial charge in [0.2, 0.25) is 0 Å². The maximum Gasteiger partial charge on any atom is 0.343 e. The van der Waals surface area contributed by atoms with Crippen LogP contribution in [0.2, 0.25) is 0 Å². The number of halogens is 1. The van der Waals surface area contributed by atoms with Crippen molar-refractivity contribution in [2.45, 2.75) is 6.42 Å². The van der Waals surface area contributed by atoms with E-state index in [4.69, 9.17) is 15.2 Å². The first-order valence-corrected chi connectivity index (χ1v) is 6.75. The molecular weight excluding hydrogens is 303 g/mol. The highest BCUT2D eigenvalue weighted by molar-refractivity contribution is 5.74. The molecule has 2 aromatic carbocycles. The molecule has 2 aromatic rings. The largest absolute Gasteiger partial charge is 0.459 e. The molecule has 1 aliphatic carbocycles. The quantitative estimate of drug-likeness (QED) is 0.654. The van der Waals surface area contributed by atoms with E-state index >= 15 is 0 Å². The SMILES string of the molecule is NC(=O)N(O)C1=C(Oc2cccc(Oc3ccc(F)cc3)c2)C1. The molecule has 0 spiro atoms. The number of hydrogen-bond acceptors (Lipinski definition) is 4. The molecule has 0 fully saturated rings. The molecule has 0 saturated carbocycles. The van der Waals surface area contributed by atoms with Crippen molar-refractivity contribution in [3.05, 3.63) is 65.8 Å². The minimum Gasteiger partial charge on any atom is -0.459 e. The van der Waals surface area contributed by atoms with Crippen LogP contribution in [0.3, 0.4) is 0 Å². The summed E-state index contributed by atoms with van der Waals surface area (Å²) in [6.45, 7) is 0. The number of amides is 2. The Labute approximate surface area is 131 Å². The fourth-order valence-electron chi connectivity index (χ4n) is 1.91. The highest BCUT2D eigenvalue weighted by atomic mass is 19.1. The fourth-order valence-corrected chi connectivity index (χ4v) is 1.91. The number of hydrogen-bond donors (Lipinski definition) is 2. The monoisotopic (exact) mass is 316 g/mol. The molecular formula is C16H13FN2O4. The third-order valence-electron chi connectivity index (χ3n) is 3.09. The van der Waals surface area contributed by atoms with Crippen molar-refractivity contribution in [3.8, 4) is 17.2 Å². The maximum atomic E-state index is 12.9. The van der Waals surface area contributed by atoms with Gasteiger partial charge < -0.3 is 15.2 Å². The van der Waals surface area contributed by atoms with Gasteiger partial charge in [-0.15, -0.1) is 0 Å². The maximum absolute atomic E-state index is 12.9. The summed E-state index contributed by atoms with van der Waals surface area (Å²) in [4.78, 5) is 10.8. The Kier molecular flexibility index (Phi) is 3.86. The molecule has 6 nitrogen and oxygen atoms in total. The molecule has 0 saturated heterocycles. The Bertz CT molecular complexity index is 774. The standard InChI is InChI=1S/C16H13FN2O4/c17-10-4-6-11(7-5-10)22-12-2-1-3-13(8-12)23-15-9-14(15)19(21)16(18)20/h1-8,21H,9H2,(H2,18,20). The first-order valence-electron chi connectivity index (χ1n) is 6.75. The molecule has 0 atom stereocenters. The number of primary amides is 1. The first-order chi connectivity index (χ1) is 11.0. The van der Waals surface area contributed by atoms with Crippen LogP contribution in [0.4, 0.5) is 9.18 Å². The lowest BCUT2D eigenvalue weighted by Gasteiger charge is -2.08. The molecule has 0 aliphatic heterocycles. The molecule has 0 heterocycles. The molecule has 7 heteroatoms. The van der Waals surface area contributed by atoms with E-state index in [-0.39, 0.29) is 5.82 Å². The number of rotatable bonds is 5. The van der Waals surface area contributed by atoms with E-state index in [0.717, 1.165) is 0 Å². The number of allylic oxidation sites excluding steroid dienone is 2. The van der Waals surface area contributed by atoms with Crippen LogP contribution in [0.1, 0.15) is 6.42 Å². The molecule has 23 heavy (non-hydrogen) atoms. The Morgan fingerprint density at radius 1 is 1.09 bits per heavy atom. The van der Waals surface area contributed by atoms with E-state index in [9.17, 15) is 14.4 Å². The third-order valence-corrected chi connectivity index (χ3v) is 3.09. The zero-order valence-electron chi connectivity index (χ0n) is 11.9. The van der Waals surface area contributed by atoms with E-state index < -0.39 is 6.03 Å². The van der Waals surface area contributed by atoms with Gasteiger partial charge in [-0.3, -0.25) is 5.21 Å². The summed E-state index contributed by atoms with van der Waals surface area (Å²) in [5.41, 5.74) is 5.28. The lowest BCUT2D eigenvalue weighted by molar-refractivity contribution is -0.00159. The van der Waals surface area contributed by atoms with E-state index in [2.05, 4.69) is 0 Å². The van der Waals surface area contributed by atoms with Crippen LogP contribution in [0.15, 0.2) is 60.0 Å². The highest BCUT2D eigenvalue weighted by Gasteiger charge is 2.32. The number of benzene rings is 2. The molecule has 118 valence electrons. The van der Waals surface area contributed by atoms with Gasteiger partial charge in [0.05, 0.1) is 12.1 Å². The average Bonchev–Trinajstić information content (AvgIpc) is 3.28. The predicted octanol–water partition coefficient (Wildman–Crippen LogP) is 3.38. The van der Waals surface area contributed by atoms with Gasteiger partial charge in [-0.05, 0) is 36.4 Å². The van der Waals surface area contributed by atoms with Crippen molar-refractivity contribution in [2.75, 3.05) is 0 Å². The van der Waals surface area contributed by atoms with Gasteiger partial charge in [-0.1, -0.05) is 6.07 Å². The van der Waals surface area contributed by atoms with Gasteiger partial charge in [0.25, 0.3) is 0 Å². The van der Waals surface area contributed by atoms with Gasteiger partial charge >= 0.3 is 6.03 Å². The van der Waals surface area contributed by atoms with Gasteiger partial charge in [-0.25, -0.2) is 9.18 Å². The summed E-state index contributed by atoms with van der Waals surface area (Å²) < 4.78 is 24.0. The van der Waals surface area contributed by atoms with Crippen LogP contribution in [-0.4, -0.2) is 16.3 Å². The van der Waals surface area contributed by atoms with Crippen molar-refractivity contribution in [3.63, 3.8) is 0 Å². The number of carbonyl (C=O) groups is 1. The number of urea groups is 1. The molecule has 1 aliphatic rings. The normalized spacial score (nSPS) is 12.8. The molecule has 0 aromatic heterocycles. The van der Waals surface area contributed by atoms with E-state index in [1.54, 1.807) is 24.3 Å². The summed E-state index contributed by atoms with van der Waals surface area (Å²) in [7, 11) is 0. The number of hydroxylamine groups is 2. The highest BCUT2D eigenvalue weighted by Crippen LogP contribution is 2.36. The molecule has 0 unspecified atom stereocenters. The van der Waals surface area contributed by atoms with Crippen LogP contribution in [0.5, 0.6) is 17.2 Å². The van der Waals surface area contributed by atoms with Crippen LogP contribution < -0.4 is 15.2 Å². The van der Waals surface area contributed by atoms with Crippen molar-refractivity contribution < 1.29 is 23.9 Å². The molecule has 0 bridgehead atoms. The van der Waals surface area contributed by atoms with Crippen LogP contribution in [-0.2, 0) is 0 Å². The summed E-state index contributed by atoms with van der Waals surface area (Å²) >= 11 is 0. The zero-order valence-corrected chi connectivity index (χ0v) is 11.9. The summed E-state index contributed by atoms with van der Waals surface area (Å²) in [5.74, 6) is 1.58. The number of carbonyl (C=O) groups excluding carboxylic acids is 1. The predicted molar refractivity (Wildman–Crippen MR) is 78.4 cm³/mol. The lowest BCUT2D eigenvalue weighted by atomic mass is 10.3. The van der Waals surface area contributed by atoms with Crippen LogP contribution >= 0.6 is 0 Å². The van der Waals surface area contributed by atoms with Gasteiger partial charge in [0.15, 0.2) is 0 Å². The summed E-state index contributed by atoms with van der Waals surface area (Å²) in [6.07, 6.45) is 0.336. The van der Waals surface area contributed by atoms with Crippen LogP contribution in [0.25, 0.3) is 0 Å². The second-order valence-corrected chi connectivity index (χ2v) is 4.83. The van der Waals surface area contributed by atoms with Gasteiger partial charge in [-0.2, -0.15) is 5.06 Å². The van der Waals surface area contributed by atoms with E-state index in [0.29, 0.717) is 40.2 Å². The van der Waals surface area contributed by atoms with Gasteiger partial charge in [0.1, 0.15) is 28.8 Å². The lowest BCUT2D eigenvalue weighted by Crippen LogP contribution is -2.29. The van der Waals surface area contributed by atoms with E-state index in [1.807, 2.05) is 0 Å². The summed E-state index contributed by atoms with van der Waals surface area (Å²) in [5, 5.41) is 9.71. The number of ether oxygens (including phenoxy) is 2. The Morgan fingerprint density at radius 3 is 2.39 bits per heavy atom. The van der Waals surface area contributed by atoms with Crippen molar-refractivity contribution in [1.29, 1.82) is 0 Å². The number of nitrogens with two attached hydrogens (primary N) is 1. The second kappa shape index (κ2) is 5.98. The van der Waals surface area contributed by atoms with E-state index in [1.165, 1.54) is 24.3 Å². The first kappa shape index (κ1) is 14.9. The molecule has 2 amide bonds. The molecule has 0 radical (unpaired) electrons.